The summed E-state index contributed by atoms with van der Waals surface area (Å²) in [5.41, 5.74) is 12.6. The van der Waals surface area contributed by atoms with Crippen molar-refractivity contribution >= 4 is 37.9 Å². The lowest BCUT2D eigenvalue weighted by atomic mass is 9.62. The van der Waals surface area contributed by atoms with Gasteiger partial charge in [0.25, 0.3) is 0 Å². The van der Waals surface area contributed by atoms with Crippen molar-refractivity contribution in [3.63, 3.8) is 0 Å². The molecule has 7 aromatic carbocycles. The van der Waals surface area contributed by atoms with E-state index in [2.05, 4.69) is 179 Å². The molecule has 0 saturated carbocycles. The van der Waals surface area contributed by atoms with E-state index < -0.39 is 0 Å². The van der Waals surface area contributed by atoms with Crippen molar-refractivity contribution in [3.05, 3.63) is 174 Å². The van der Waals surface area contributed by atoms with Crippen LogP contribution < -0.4 is 0 Å². The molecule has 0 nitrogen and oxygen atoms in total. The minimum Gasteiger partial charge on any atom is -0.0761 e. The standard InChI is InChI=1S/C50H44/c1-49(2)27-28-50(3,4)48-32-40(24-26-47(48)49)34-21-19-33(20-22-34)35-11-9-12-36(29-35)37-13-10-14-38(30-37)39-23-25-45-43-17-6-5-15-41(43)42-16-7-8-18-44(42)46(45)31-39/h5-21,23-26,29-32,34H,22,27-28H2,1-4H3. The lowest BCUT2D eigenvalue weighted by Gasteiger charge is -2.42. The topological polar surface area (TPSA) is 0 Å². The van der Waals surface area contributed by atoms with E-state index in [1.54, 1.807) is 5.56 Å². The smallest absolute Gasteiger partial charge is 0.00562 e. The first-order valence-electron chi connectivity index (χ1n) is 18.3. The monoisotopic (exact) mass is 644 g/mol. The van der Waals surface area contributed by atoms with Crippen LogP contribution in [0, 0.1) is 0 Å². The van der Waals surface area contributed by atoms with Crippen LogP contribution in [0.15, 0.2) is 152 Å². The van der Waals surface area contributed by atoms with Crippen LogP contribution in [-0.2, 0) is 10.8 Å². The molecule has 0 saturated heterocycles. The van der Waals surface area contributed by atoms with Crippen molar-refractivity contribution in [1.82, 2.24) is 0 Å². The molecule has 0 radical (unpaired) electrons. The van der Waals surface area contributed by atoms with Crippen molar-refractivity contribution in [2.75, 3.05) is 0 Å². The molecule has 0 bridgehead atoms. The predicted molar refractivity (Wildman–Crippen MR) is 216 cm³/mol. The van der Waals surface area contributed by atoms with Gasteiger partial charge in [-0.15, -0.1) is 0 Å². The molecular weight excluding hydrogens is 601 g/mol. The zero-order valence-corrected chi connectivity index (χ0v) is 29.6. The number of fused-ring (bicyclic) bond motifs is 7. The summed E-state index contributed by atoms with van der Waals surface area (Å²) >= 11 is 0. The second kappa shape index (κ2) is 11.7. The van der Waals surface area contributed by atoms with Gasteiger partial charge in [0.1, 0.15) is 0 Å². The quantitative estimate of drug-likeness (QED) is 0.167. The van der Waals surface area contributed by atoms with E-state index in [0.29, 0.717) is 5.92 Å². The largest absolute Gasteiger partial charge is 0.0761 e. The molecule has 50 heavy (non-hydrogen) atoms. The fourth-order valence-electron chi connectivity index (χ4n) is 8.76. The van der Waals surface area contributed by atoms with Crippen LogP contribution in [0.1, 0.15) is 75.1 Å². The lowest BCUT2D eigenvalue weighted by Crippen LogP contribution is -2.34. The molecule has 0 amide bonds. The van der Waals surface area contributed by atoms with Gasteiger partial charge in [0.15, 0.2) is 0 Å². The highest BCUT2D eigenvalue weighted by Gasteiger charge is 2.37. The Kier molecular flexibility index (Phi) is 7.22. The number of hydrogen-bond acceptors (Lipinski definition) is 0. The van der Waals surface area contributed by atoms with Crippen LogP contribution in [0.25, 0.3) is 60.1 Å². The molecule has 244 valence electrons. The van der Waals surface area contributed by atoms with Gasteiger partial charge in [-0.3, -0.25) is 0 Å². The van der Waals surface area contributed by atoms with E-state index in [-0.39, 0.29) is 10.8 Å². The Hall–Kier alpha value is -5.20. The second-order valence-electron chi connectivity index (χ2n) is 15.9. The van der Waals surface area contributed by atoms with Gasteiger partial charge in [0, 0.05) is 5.92 Å². The molecule has 0 heteroatoms. The lowest BCUT2D eigenvalue weighted by molar-refractivity contribution is 0.331. The number of rotatable bonds is 4. The minimum atomic E-state index is 0.232. The van der Waals surface area contributed by atoms with E-state index in [1.807, 2.05) is 0 Å². The number of benzene rings is 7. The molecule has 2 aliphatic carbocycles. The van der Waals surface area contributed by atoms with Gasteiger partial charge in [-0.1, -0.05) is 161 Å². The third kappa shape index (κ3) is 5.21. The molecule has 7 aromatic rings. The van der Waals surface area contributed by atoms with Crippen molar-refractivity contribution < 1.29 is 0 Å². The zero-order valence-electron chi connectivity index (χ0n) is 29.6. The summed E-state index contributed by atoms with van der Waals surface area (Å²) in [5.74, 6) is 0.418. The fourth-order valence-corrected chi connectivity index (χ4v) is 8.76. The zero-order chi connectivity index (χ0) is 34.0. The Morgan fingerprint density at radius 1 is 0.440 bits per heavy atom. The average Bonchev–Trinajstić information content (AvgIpc) is 3.17. The second-order valence-corrected chi connectivity index (χ2v) is 15.9. The normalized spacial score (nSPS) is 17.9. The van der Waals surface area contributed by atoms with E-state index in [1.165, 1.54) is 89.7 Å². The van der Waals surface area contributed by atoms with Gasteiger partial charge >= 0.3 is 0 Å². The summed E-state index contributed by atoms with van der Waals surface area (Å²) in [6, 6.07) is 50.1. The maximum Gasteiger partial charge on any atom is 0.00562 e. The summed E-state index contributed by atoms with van der Waals surface area (Å²) in [7, 11) is 0. The van der Waals surface area contributed by atoms with Crippen LogP contribution in [0.2, 0.25) is 0 Å². The molecule has 0 heterocycles. The average molecular weight is 645 g/mol. The molecule has 0 N–H and O–H groups in total. The van der Waals surface area contributed by atoms with Crippen molar-refractivity contribution in [3.8, 4) is 22.3 Å². The van der Waals surface area contributed by atoms with Crippen LogP contribution >= 0.6 is 0 Å². The summed E-state index contributed by atoms with van der Waals surface area (Å²) < 4.78 is 0. The fraction of sp³-hybridized carbons (Fsp3) is 0.200. The van der Waals surface area contributed by atoms with Gasteiger partial charge in [-0.2, -0.15) is 0 Å². The Bertz CT molecular complexity index is 2480. The molecule has 1 atom stereocenters. The predicted octanol–water partition coefficient (Wildman–Crippen LogP) is 14.0. The Labute approximate surface area is 296 Å². The molecule has 0 aliphatic heterocycles. The maximum absolute atomic E-state index is 2.53. The van der Waals surface area contributed by atoms with Crippen LogP contribution in [0.4, 0.5) is 0 Å². The molecule has 2 aliphatic rings. The van der Waals surface area contributed by atoms with Gasteiger partial charge in [0.05, 0.1) is 0 Å². The van der Waals surface area contributed by atoms with E-state index in [4.69, 9.17) is 0 Å². The van der Waals surface area contributed by atoms with E-state index >= 15 is 0 Å². The minimum absolute atomic E-state index is 0.232. The molecule has 9 rings (SSSR count). The van der Waals surface area contributed by atoms with Gasteiger partial charge in [-0.25, -0.2) is 0 Å². The first-order valence-corrected chi connectivity index (χ1v) is 18.3. The Morgan fingerprint density at radius 2 is 0.960 bits per heavy atom. The van der Waals surface area contributed by atoms with Crippen LogP contribution in [0.5, 0.6) is 0 Å². The molecule has 1 unspecified atom stereocenters. The first-order chi connectivity index (χ1) is 24.2. The molecule has 0 spiro atoms. The third-order valence-corrected chi connectivity index (χ3v) is 11.9. The SMILES string of the molecule is CC1(C)CCC(C)(C)c2cc(C3C=CC(c4cccc(-c5cccc(-c6ccc7c8ccccc8c8ccccc8c7c6)c5)c4)=CC3)ccc21. The van der Waals surface area contributed by atoms with Crippen LogP contribution in [0.3, 0.4) is 0 Å². The third-order valence-electron chi connectivity index (χ3n) is 11.9. The van der Waals surface area contributed by atoms with Gasteiger partial charge < -0.3 is 0 Å². The van der Waals surface area contributed by atoms with Crippen LogP contribution in [-0.4, -0.2) is 0 Å². The Morgan fingerprint density at radius 3 is 1.56 bits per heavy atom. The van der Waals surface area contributed by atoms with E-state index in [0.717, 1.165) is 6.42 Å². The highest BCUT2D eigenvalue weighted by Crippen LogP contribution is 2.47. The highest BCUT2D eigenvalue weighted by atomic mass is 14.4. The van der Waals surface area contributed by atoms with Crippen molar-refractivity contribution in [1.29, 1.82) is 0 Å². The number of allylic oxidation sites excluding steroid dienone is 4. The summed E-state index contributed by atoms with van der Waals surface area (Å²) in [6.07, 6.45) is 10.7. The Balaban J connectivity index is 1.01. The van der Waals surface area contributed by atoms with Crippen molar-refractivity contribution in [2.24, 2.45) is 0 Å². The number of hydrogen-bond donors (Lipinski definition) is 0. The molecule has 0 fully saturated rings. The van der Waals surface area contributed by atoms with E-state index in [9.17, 15) is 0 Å². The van der Waals surface area contributed by atoms with Gasteiger partial charge in [-0.05, 0) is 131 Å². The maximum atomic E-state index is 2.53. The first kappa shape index (κ1) is 30.8. The summed E-state index contributed by atoms with van der Waals surface area (Å²) in [5, 5.41) is 7.86. The summed E-state index contributed by atoms with van der Waals surface area (Å²) in [4.78, 5) is 0. The van der Waals surface area contributed by atoms with Gasteiger partial charge in [0.2, 0.25) is 0 Å². The summed E-state index contributed by atoms with van der Waals surface area (Å²) in [6.45, 7) is 9.67. The highest BCUT2D eigenvalue weighted by molar-refractivity contribution is 6.25. The van der Waals surface area contributed by atoms with Crippen molar-refractivity contribution in [2.45, 2.75) is 63.7 Å². The molecular formula is C50H44. The molecule has 0 aromatic heterocycles.